The Morgan fingerprint density at radius 2 is 1.57 bits per heavy atom. The zero-order valence-corrected chi connectivity index (χ0v) is 25.8. The number of hydrogen-bond acceptors (Lipinski definition) is 6. The fraction of sp³-hybridized carbons (Fsp3) is 0.412. The van der Waals surface area contributed by atoms with Crippen molar-refractivity contribution >= 4 is 27.5 Å². The molecule has 0 bridgehead atoms. The van der Waals surface area contributed by atoms with Gasteiger partial charge >= 0.3 is 0 Å². The molecular formula is C34H44N4O5S. The Balaban J connectivity index is 0.00000442. The van der Waals surface area contributed by atoms with E-state index in [-0.39, 0.29) is 31.3 Å². The summed E-state index contributed by atoms with van der Waals surface area (Å²) in [4.78, 5) is 31.0. The number of sulfonamides is 1. The van der Waals surface area contributed by atoms with E-state index in [0.29, 0.717) is 44.6 Å². The van der Waals surface area contributed by atoms with Crippen LogP contribution in [-0.4, -0.2) is 82.7 Å². The maximum absolute atomic E-state index is 13.9. The van der Waals surface area contributed by atoms with Crippen molar-refractivity contribution in [2.75, 3.05) is 50.9 Å². The standard InChI is InChI=1S/C33H40N4O5S.CH4/c1-35(2)21-25-13-15-27(16-14-25)31(38)34-29(23-42-22-26-9-5-4-6-10-26)32(39)36-19-17-33(18-20-36)24-37(43(3,40)41)30-12-8-7-11-28(30)33;/h4-16,29H,17-24H2,1-3H3,(H,34,38);1H4/t29-;/m1./s1. The number of likely N-dealkylation sites (tertiary alicyclic amines) is 1. The minimum absolute atomic E-state index is 0. The zero-order valence-electron chi connectivity index (χ0n) is 25.0. The van der Waals surface area contributed by atoms with Gasteiger partial charge in [0.15, 0.2) is 0 Å². The first-order chi connectivity index (χ1) is 20.6. The summed E-state index contributed by atoms with van der Waals surface area (Å²) in [7, 11) is 0.546. The second-order valence-electron chi connectivity index (χ2n) is 11.9. The molecule has 2 aliphatic heterocycles. The lowest BCUT2D eigenvalue weighted by Gasteiger charge is -2.40. The van der Waals surface area contributed by atoms with Gasteiger partial charge in [-0.25, -0.2) is 8.42 Å². The van der Waals surface area contributed by atoms with E-state index in [1.54, 1.807) is 17.0 Å². The van der Waals surface area contributed by atoms with Crippen LogP contribution in [0.15, 0.2) is 78.9 Å². The van der Waals surface area contributed by atoms with E-state index in [9.17, 15) is 18.0 Å². The fourth-order valence-electron chi connectivity index (χ4n) is 6.10. The summed E-state index contributed by atoms with van der Waals surface area (Å²) in [5, 5.41) is 2.93. The summed E-state index contributed by atoms with van der Waals surface area (Å²) < 4.78 is 32.6. The maximum Gasteiger partial charge on any atom is 0.251 e. The molecule has 1 N–H and O–H groups in total. The van der Waals surface area contributed by atoms with Gasteiger partial charge in [-0.15, -0.1) is 0 Å². The van der Waals surface area contributed by atoms with Gasteiger partial charge in [0.05, 0.1) is 25.2 Å². The molecule has 0 radical (unpaired) electrons. The number of nitrogens with zero attached hydrogens (tertiary/aromatic N) is 3. The monoisotopic (exact) mass is 620 g/mol. The third-order valence-corrected chi connectivity index (χ3v) is 9.46. The second-order valence-corrected chi connectivity index (χ2v) is 13.8. The molecule has 10 heteroatoms. The topological polar surface area (TPSA) is 99.3 Å². The quantitative estimate of drug-likeness (QED) is 0.368. The van der Waals surface area contributed by atoms with Crippen molar-refractivity contribution in [2.45, 2.75) is 44.9 Å². The molecule has 44 heavy (non-hydrogen) atoms. The number of fused-ring (bicyclic) bond motifs is 2. The van der Waals surface area contributed by atoms with Crippen LogP contribution in [0.1, 0.15) is 47.3 Å². The number of hydrogen-bond donors (Lipinski definition) is 1. The van der Waals surface area contributed by atoms with Crippen molar-refractivity contribution in [2.24, 2.45) is 0 Å². The number of benzene rings is 3. The van der Waals surface area contributed by atoms with Crippen LogP contribution in [0.2, 0.25) is 0 Å². The van der Waals surface area contributed by atoms with Crippen LogP contribution in [0, 0.1) is 0 Å². The Morgan fingerprint density at radius 3 is 2.20 bits per heavy atom. The van der Waals surface area contributed by atoms with Crippen molar-refractivity contribution in [3.05, 3.63) is 101 Å². The van der Waals surface area contributed by atoms with Crippen molar-refractivity contribution in [1.82, 2.24) is 15.1 Å². The molecule has 1 atom stereocenters. The van der Waals surface area contributed by atoms with Crippen LogP contribution >= 0.6 is 0 Å². The first kappa shape index (κ1) is 33.2. The normalized spacial score (nSPS) is 16.4. The molecule has 0 saturated carbocycles. The molecule has 0 aromatic heterocycles. The van der Waals surface area contributed by atoms with E-state index in [2.05, 4.69) is 10.2 Å². The Bertz CT molecular complexity index is 1540. The summed E-state index contributed by atoms with van der Waals surface area (Å²) in [5.41, 5.74) is 3.93. The highest BCUT2D eigenvalue weighted by Gasteiger charge is 2.47. The molecule has 236 valence electrons. The highest BCUT2D eigenvalue weighted by Crippen LogP contribution is 2.47. The van der Waals surface area contributed by atoms with Gasteiger partial charge in [0.25, 0.3) is 5.91 Å². The SMILES string of the molecule is C.CN(C)Cc1ccc(C(=O)N[C@H](COCc2ccccc2)C(=O)N2CCC3(CC2)CN(S(C)(=O)=O)c2ccccc23)cc1. The molecule has 3 aromatic carbocycles. The molecule has 2 aliphatic rings. The van der Waals surface area contributed by atoms with Gasteiger partial charge in [0, 0.05) is 37.2 Å². The van der Waals surface area contributed by atoms with Gasteiger partial charge in [-0.3, -0.25) is 13.9 Å². The summed E-state index contributed by atoms with van der Waals surface area (Å²) >= 11 is 0. The van der Waals surface area contributed by atoms with E-state index in [1.165, 1.54) is 10.6 Å². The molecular weight excluding hydrogens is 576 g/mol. The molecule has 5 rings (SSSR count). The van der Waals surface area contributed by atoms with Crippen molar-refractivity contribution < 1.29 is 22.7 Å². The van der Waals surface area contributed by atoms with Crippen LogP contribution in [0.3, 0.4) is 0 Å². The number of anilines is 1. The van der Waals surface area contributed by atoms with Crippen molar-refractivity contribution in [1.29, 1.82) is 0 Å². The molecule has 1 saturated heterocycles. The first-order valence-corrected chi connectivity index (χ1v) is 16.4. The van der Waals surface area contributed by atoms with Crippen LogP contribution in [0.25, 0.3) is 0 Å². The minimum atomic E-state index is -3.43. The minimum Gasteiger partial charge on any atom is -0.374 e. The van der Waals surface area contributed by atoms with E-state index >= 15 is 0 Å². The van der Waals surface area contributed by atoms with Crippen molar-refractivity contribution in [3.8, 4) is 0 Å². The van der Waals surface area contributed by atoms with Crippen molar-refractivity contribution in [3.63, 3.8) is 0 Å². The van der Waals surface area contributed by atoms with Gasteiger partial charge < -0.3 is 19.9 Å². The Kier molecular flexibility index (Phi) is 10.5. The summed E-state index contributed by atoms with van der Waals surface area (Å²) in [6.07, 6.45) is 2.49. The molecule has 9 nitrogen and oxygen atoms in total. The molecule has 2 heterocycles. The number of amides is 2. The van der Waals surface area contributed by atoms with E-state index in [0.717, 1.165) is 28.9 Å². The maximum atomic E-state index is 13.9. The van der Waals surface area contributed by atoms with Gasteiger partial charge in [0.1, 0.15) is 6.04 Å². The molecule has 0 aliphatic carbocycles. The van der Waals surface area contributed by atoms with E-state index in [4.69, 9.17) is 4.74 Å². The van der Waals surface area contributed by atoms with E-state index < -0.39 is 16.1 Å². The van der Waals surface area contributed by atoms with Crippen LogP contribution < -0.4 is 9.62 Å². The highest BCUT2D eigenvalue weighted by atomic mass is 32.2. The van der Waals surface area contributed by atoms with Gasteiger partial charge in [-0.2, -0.15) is 0 Å². The van der Waals surface area contributed by atoms with Crippen LogP contribution in [-0.2, 0) is 38.1 Å². The number of piperidine rings is 1. The molecule has 1 spiro atoms. The Labute approximate surface area is 261 Å². The first-order valence-electron chi connectivity index (χ1n) is 14.6. The third kappa shape index (κ3) is 7.49. The number of para-hydroxylation sites is 1. The molecule has 1 fully saturated rings. The van der Waals surface area contributed by atoms with Crippen LogP contribution in [0.4, 0.5) is 5.69 Å². The predicted octanol–water partition coefficient (Wildman–Crippen LogP) is 4.04. The number of nitrogens with one attached hydrogen (secondary N) is 1. The predicted molar refractivity (Wildman–Crippen MR) is 174 cm³/mol. The number of rotatable bonds is 10. The number of ether oxygens (including phenoxy) is 1. The zero-order chi connectivity index (χ0) is 30.6. The van der Waals surface area contributed by atoms with Crippen LogP contribution in [0.5, 0.6) is 0 Å². The lowest BCUT2D eigenvalue weighted by atomic mass is 9.74. The largest absolute Gasteiger partial charge is 0.374 e. The smallest absolute Gasteiger partial charge is 0.251 e. The summed E-state index contributed by atoms with van der Waals surface area (Å²) in [6, 6.07) is 23.9. The third-order valence-electron chi connectivity index (χ3n) is 8.34. The van der Waals surface area contributed by atoms with Gasteiger partial charge in [-0.05, 0) is 61.8 Å². The Hall–Kier alpha value is -3.73. The average Bonchev–Trinajstić information content (AvgIpc) is 3.31. The second kappa shape index (κ2) is 13.9. The molecule has 3 aromatic rings. The lowest BCUT2D eigenvalue weighted by Crippen LogP contribution is -2.55. The summed E-state index contributed by atoms with van der Waals surface area (Å²) in [6.45, 7) is 2.40. The van der Waals surface area contributed by atoms with E-state index in [1.807, 2.05) is 80.8 Å². The molecule has 2 amide bonds. The molecule has 0 unspecified atom stereocenters. The lowest BCUT2D eigenvalue weighted by molar-refractivity contribution is -0.136. The Morgan fingerprint density at radius 1 is 0.932 bits per heavy atom. The highest BCUT2D eigenvalue weighted by molar-refractivity contribution is 7.92. The van der Waals surface area contributed by atoms with Gasteiger partial charge in [-0.1, -0.05) is 68.1 Å². The summed E-state index contributed by atoms with van der Waals surface area (Å²) in [5.74, 6) is -0.535. The number of carbonyl (C=O) groups excluding carboxylic acids is 2. The average molecular weight is 621 g/mol. The fourth-order valence-corrected chi connectivity index (χ4v) is 7.09. The number of carbonyl (C=O) groups is 2. The van der Waals surface area contributed by atoms with Gasteiger partial charge in [0.2, 0.25) is 15.9 Å².